The van der Waals surface area contributed by atoms with Crippen LogP contribution in [0.1, 0.15) is 44.1 Å². The lowest BCUT2D eigenvalue weighted by Crippen LogP contribution is -2.55. The Balaban J connectivity index is 1.53. The van der Waals surface area contributed by atoms with E-state index in [4.69, 9.17) is 0 Å². The number of nitrogens with one attached hydrogen (secondary N) is 1. The molecule has 7 heteroatoms. The van der Waals surface area contributed by atoms with Crippen molar-refractivity contribution in [3.63, 3.8) is 0 Å². The molecule has 7 nitrogen and oxygen atoms in total. The van der Waals surface area contributed by atoms with Crippen molar-refractivity contribution in [2.75, 3.05) is 32.8 Å². The van der Waals surface area contributed by atoms with Crippen molar-refractivity contribution in [1.29, 1.82) is 0 Å². The van der Waals surface area contributed by atoms with E-state index in [1.165, 1.54) is 0 Å². The average Bonchev–Trinajstić information content (AvgIpc) is 3.12. The Morgan fingerprint density at radius 3 is 3.00 bits per heavy atom. The molecule has 2 aliphatic heterocycles. The summed E-state index contributed by atoms with van der Waals surface area (Å²) in [5.74, 6) is 0.344. The zero-order valence-electron chi connectivity index (χ0n) is 14.7. The van der Waals surface area contributed by atoms with Crippen molar-refractivity contribution in [3.05, 3.63) is 18.0 Å². The van der Waals surface area contributed by atoms with E-state index in [1.807, 2.05) is 11.1 Å². The number of aromatic amines is 1. The average molecular weight is 348 g/mol. The fourth-order valence-corrected chi connectivity index (χ4v) is 4.20. The summed E-state index contributed by atoms with van der Waals surface area (Å²) in [5, 5.41) is 15.9. The van der Waals surface area contributed by atoms with Gasteiger partial charge in [-0.3, -0.25) is 14.7 Å². The molecule has 0 aliphatic carbocycles. The molecule has 3 rings (SSSR count). The highest BCUT2D eigenvalue weighted by Gasteiger charge is 2.42. The van der Waals surface area contributed by atoms with Crippen LogP contribution in [-0.4, -0.2) is 69.7 Å². The SMILES string of the molecule is O=C1CCC2(CCCN(C(=O)CCCc3cn[nH]c3)C2)CN1CCO. The van der Waals surface area contributed by atoms with Gasteiger partial charge in [0.05, 0.1) is 12.8 Å². The van der Waals surface area contributed by atoms with Crippen LogP contribution >= 0.6 is 0 Å². The number of β-amino-alcohol motifs (C(OH)–C–C–N with tert-alkyl or cyclic N) is 1. The largest absolute Gasteiger partial charge is 0.395 e. The summed E-state index contributed by atoms with van der Waals surface area (Å²) in [5.41, 5.74) is 1.15. The second-order valence-electron chi connectivity index (χ2n) is 7.42. The zero-order valence-corrected chi connectivity index (χ0v) is 14.7. The number of rotatable bonds is 6. The van der Waals surface area contributed by atoms with Gasteiger partial charge in [0.2, 0.25) is 11.8 Å². The maximum Gasteiger partial charge on any atom is 0.222 e. The van der Waals surface area contributed by atoms with E-state index in [1.54, 1.807) is 11.1 Å². The summed E-state index contributed by atoms with van der Waals surface area (Å²) < 4.78 is 0. The van der Waals surface area contributed by atoms with Crippen LogP contribution in [0, 0.1) is 5.41 Å². The summed E-state index contributed by atoms with van der Waals surface area (Å²) in [7, 11) is 0. The van der Waals surface area contributed by atoms with Gasteiger partial charge in [-0.1, -0.05) is 0 Å². The van der Waals surface area contributed by atoms with Gasteiger partial charge in [0.15, 0.2) is 0 Å². The first-order valence-electron chi connectivity index (χ1n) is 9.26. The van der Waals surface area contributed by atoms with Gasteiger partial charge in [-0.2, -0.15) is 5.10 Å². The molecule has 0 saturated carbocycles. The Labute approximate surface area is 148 Å². The maximum atomic E-state index is 12.6. The Kier molecular flexibility index (Phi) is 5.73. The molecule has 1 atom stereocenters. The lowest BCUT2D eigenvalue weighted by Gasteiger charge is -2.48. The molecule has 1 aromatic rings. The van der Waals surface area contributed by atoms with Crippen LogP contribution in [0.4, 0.5) is 0 Å². The van der Waals surface area contributed by atoms with E-state index in [0.29, 0.717) is 25.9 Å². The zero-order chi connectivity index (χ0) is 17.7. The van der Waals surface area contributed by atoms with Gasteiger partial charge in [0.1, 0.15) is 0 Å². The number of aliphatic hydroxyl groups excluding tert-OH is 1. The molecule has 2 N–H and O–H groups in total. The Morgan fingerprint density at radius 1 is 1.36 bits per heavy atom. The second kappa shape index (κ2) is 7.99. The first-order chi connectivity index (χ1) is 12.1. The minimum absolute atomic E-state index is 0.00151. The predicted molar refractivity (Wildman–Crippen MR) is 92.7 cm³/mol. The van der Waals surface area contributed by atoms with Gasteiger partial charge < -0.3 is 14.9 Å². The molecule has 2 fully saturated rings. The normalized spacial score (nSPS) is 24.1. The topological polar surface area (TPSA) is 89.5 Å². The van der Waals surface area contributed by atoms with E-state index in [-0.39, 0.29) is 23.8 Å². The molecular formula is C18H28N4O3. The first-order valence-corrected chi connectivity index (χ1v) is 9.26. The number of H-pyrrole nitrogens is 1. The molecule has 3 heterocycles. The molecule has 25 heavy (non-hydrogen) atoms. The van der Waals surface area contributed by atoms with Gasteiger partial charge in [0.25, 0.3) is 0 Å². The molecule has 1 aromatic heterocycles. The smallest absolute Gasteiger partial charge is 0.222 e. The predicted octanol–water partition coefficient (Wildman–Crippen LogP) is 0.956. The highest BCUT2D eigenvalue weighted by molar-refractivity contribution is 5.78. The second-order valence-corrected chi connectivity index (χ2v) is 7.42. The van der Waals surface area contributed by atoms with E-state index >= 15 is 0 Å². The van der Waals surface area contributed by atoms with Crippen molar-refractivity contribution in [2.24, 2.45) is 5.41 Å². The van der Waals surface area contributed by atoms with Gasteiger partial charge >= 0.3 is 0 Å². The molecule has 1 unspecified atom stereocenters. The number of piperidine rings is 2. The van der Waals surface area contributed by atoms with Crippen LogP contribution in [0.3, 0.4) is 0 Å². The van der Waals surface area contributed by atoms with E-state index in [2.05, 4.69) is 10.2 Å². The lowest BCUT2D eigenvalue weighted by atomic mass is 9.73. The first kappa shape index (κ1) is 17.9. The fraction of sp³-hybridized carbons (Fsp3) is 0.722. The van der Waals surface area contributed by atoms with Gasteiger partial charge in [-0.05, 0) is 37.7 Å². The molecule has 2 amide bonds. The van der Waals surface area contributed by atoms with Crippen molar-refractivity contribution < 1.29 is 14.7 Å². The Morgan fingerprint density at radius 2 is 2.24 bits per heavy atom. The van der Waals surface area contributed by atoms with Crippen molar-refractivity contribution in [3.8, 4) is 0 Å². The molecule has 2 saturated heterocycles. The summed E-state index contributed by atoms with van der Waals surface area (Å²) in [6.45, 7) is 2.63. The van der Waals surface area contributed by atoms with E-state index in [9.17, 15) is 14.7 Å². The highest BCUT2D eigenvalue weighted by atomic mass is 16.3. The summed E-state index contributed by atoms with van der Waals surface area (Å²) >= 11 is 0. The van der Waals surface area contributed by atoms with E-state index in [0.717, 1.165) is 50.8 Å². The van der Waals surface area contributed by atoms with Crippen molar-refractivity contribution >= 4 is 11.8 Å². The number of aromatic nitrogens is 2. The fourth-order valence-electron chi connectivity index (χ4n) is 4.20. The molecule has 1 spiro atoms. The molecule has 0 bridgehead atoms. The quantitative estimate of drug-likeness (QED) is 0.801. The number of carbonyl (C=O) groups excluding carboxylic acids is 2. The third-order valence-electron chi connectivity index (χ3n) is 5.54. The van der Waals surface area contributed by atoms with Crippen LogP contribution in [0.2, 0.25) is 0 Å². The number of aryl methyl sites for hydroxylation is 1. The van der Waals surface area contributed by atoms with Crippen LogP contribution in [0.25, 0.3) is 0 Å². The van der Waals surface area contributed by atoms with Crippen molar-refractivity contribution in [1.82, 2.24) is 20.0 Å². The van der Waals surface area contributed by atoms with Gasteiger partial charge in [0, 0.05) is 50.6 Å². The lowest BCUT2D eigenvalue weighted by molar-refractivity contribution is -0.143. The number of hydrogen-bond donors (Lipinski definition) is 2. The summed E-state index contributed by atoms with van der Waals surface area (Å²) in [6, 6.07) is 0. The summed E-state index contributed by atoms with van der Waals surface area (Å²) in [4.78, 5) is 28.4. The molecule has 0 radical (unpaired) electrons. The van der Waals surface area contributed by atoms with Crippen molar-refractivity contribution in [2.45, 2.75) is 44.9 Å². The van der Waals surface area contributed by atoms with Crippen LogP contribution < -0.4 is 0 Å². The van der Waals surface area contributed by atoms with Gasteiger partial charge in [-0.25, -0.2) is 0 Å². The van der Waals surface area contributed by atoms with Gasteiger partial charge in [-0.15, -0.1) is 0 Å². The van der Waals surface area contributed by atoms with Crippen LogP contribution in [-0.2, 0) is 16.0 Å². The highest BCUT2D eigenvalue weighted by Crippen LogP contribution is 2.39. The van der Waals surface area contributed by atoms with Crippen LogP contribution in [0.5, 0.6) is 0 Å². The number of nitrogens with zero attached hydrogens (tertiary/aromatic N) is 3. The third-order valence-corrected chi connectivity index (χ3v) is 5.54. The number of amides is 2. The Hall–Kier alpha value is -1.89. The monoisotopic (exact) mass is 348 g/mol. The van der Waals surface area contributed by atoms with E-state index < -0.39 is 0 Å². The Bertz CT molecular complexity index is 589. The third kappa shape index (κ3) is 4.39. The number of hydrogen-bond acceptors (Lipinski definition) is 4. The molecular weight excluding hydrogens is 320 g/mol. The standard InChI is InChI=1S/C18H28N4O3/c23-10-9-22-14-18(7-5-17(22)25)6-2-8-21(13-18)16(24)4-1-3-15-11-19-20-12-15/h11-12,23H,1-10,13-14H2,(H,19,20). The number of carbonyl (C=O) groups is 2. The van der Waals surface area contributed by atoms with Crippen LogP contribution in [0.15, 0.2) is 12.4 Å². The minimum atomic E-state index is -0.00151. The molecule has 0 aromatic carbocycles. The molecule has 138 valence electrons. The summed E-state index contributed by atoms with van der Waals surface area (Å²) in [6.07, 6.45) is 9.35. The number of likely N-dealkylation sites (tertiary alicyclic amines) is 2. The maximum absolute atomic E-state index is 12.6. The molecule has 2 aliphatic rings. The number of aliphatic hydroxyl groups is 1. The minimum Gasteiger partial charge on any atom is -0.395 e.